The molecule has 1 aliphatic rings. The topological polar surface area (TPSA) is 21.3 Å². The molecule has 0 aromatic rings. The minimum atomic E-state index is 0.689. The smallest absolute Gasteiger partial charge is 0.0509 e. The highest BCUT2D eigenvalue weighted by atomic mass is 16.5. The Kier molecular flexibility index (Phi) is 6.20. The predicted molar refractivity (Wildman–Crippen MR) is 60.5 cm³/mol. The van der Waals surface area contributed by atoms with Gasteiger partial charge in [0.25, 0.3) is 0 Å². The van der Waals surface area contributed by atoms with Gasteiger partial charge in [0.1, 0.15) is 0 Å². The van der Waals surface area contributed by atoms with Gasteiger partial charge >= 0.3 is 0 Å². The summed E-state index contributed by atoms with van der Waals surface area (Å²) in [5, 5.41) is 3.44. The average Bonchev–Trinajstić information content (AvgIpc) is 2.43. The van der Waals surface area contributed by atoms with Gasteiger partial charge in [0, 0.05) is 12.6 Å². The zero-order valence-electron chi connectivity index (χ0n) is 9.72. The Labute approximate surface area is 88.4 Å². The first kappa shape index (κ1) is 12.0. The standard InChI is InChI=1S/C12H25NO/c1-3-9-14-10-11-7-5-4-6-8-12(11)13-2/h11-13H,3-10H2,1-2H3. The van der Waals surface area contributed by atoms with E-state index in [2.05, 4.69) is 19.3 Å². The van der Waals surface area contributed by atoms with Gasteiger partial charge in [0.2, 0.25) is 0 Å². The van der Waals surface area contributed by atoms with Crippen LogP contribution in [-0.4, -0.2) is 26.3 Å². The molecule has 1 rings (SSSR count). The molecule has 1 N–H and O–H groups in total. The van der Waals surface area contributed by atoms with Crippen LogP contribution in [0.3, 0.4) is 0 Å². The monoisotopic (exact) mass is 199 g/mol. The summed E-state index contributed by atoms with van der Waals surface area (Å²) in [5.41, 5.74) is 0. The number of ether oxygens (including phenoxy) is 1. The van der Waals surface area contributed by atoms with E-state index in [4.69, 9.17) is 4.74 Å². The minimum Gasteiger partial charge on any atom is -0.381 e. The number of rotatable bonds is 5. The fraction of sp³-hybridized carbons (Fsp3) is 1.00. The zero-order chi connectivity index (χ0) is 10.2. The summed E-state index contributed by atoms with van der Waals surface area (Å²) in [5.74, 6) is 0.744. The zero-order valence-corrected chi connectivity index (χ0v) is 9.72. The molecule has 2 heteroatoms. The van der Waals surface area contributed by atoms with E-state index >= 15 is 0 Å². The molecule has 0 bridgehead atoms. The molecular weight excluding hydrogens is 174 g/mol. The van der Waals surface area contributed by atoms with Crippen molar-refractivity contribution in [2.45, 2.75) is 51.5 Å². The van der Waals surface area contributed by atoms with Crippen molar-refractivity contribution < 1.29 is 4.74 Å². The molecule has 0 heterocycles. The Balaban J connectivity index is 2.28. The Hall–Kier alpha value is -0.0800. The highest BCUT2D eigenvalue weighted by Crippen LogP contribution is 2.23. The van der Waals surface area contributed by atoms with Gasteiger partial charge < -0.3 is 10.1 Å². The summed E-state index contributed by atoms with van der Waals surface area (Å²) in [6.07, 6.45) is 7.99. The summed E-state index contributed by atoms with van der Waals surface area (Å²) >= 11 is 0. The number of hydrogen-bond acceptors (Lipinski definition) is 2. The molecule has 0 aromatic heterocycles. The van der Waals surface area contributed by atoms with E-state index in [1.165, 1.54) is 32.1 Å². The van der Waals surface area contributed by atoms with Crippen molar-refractivity contribution in [2.24, 2.45) is 5.92 Å². The van der Waals surface area contributed by atoms with Crippen LogP contribution in [0.2, 0.25) is 0 Å². The SMILES string of the molecule is CCCOCC1CCCCCC1NC. The van der Waals surface area contributed by atoms with E-state index in [1.807, 2.05) is 0 Å². The summed E-state index contributed by atoms with van der Waals surface area (Å²) in [6, 6.07) is 0.689. The van der Waals surface area contributed by atoms with E-state index < -0.39 is 0 Å². The van der Waals surface area contributed by atoms with Crippen molar-refractivity contribution in [2.75, 3.05) is 20.3 Å². The van der Waals surface area contributed by atoms with E-state index in [-0.39, 0.29) is 0 Å². The van der Waals surface area contributed by atoms with Crippen LogP contribution in [-0.2, 0) is 4.74 Å². The van der Waals surface area contributed by atoms with Gasteiger partial charge in [-0.1, -0.05) is 26.2 Å². The largest absolute Gasteiger partial charge is 0.381 e. The molecule has 14 heavy (non-hydrogen) atoms. The van der Waals surface area contributed by atoms with Gasteiger partial charge in [-0.25, -0.2) is 0 Å². The average molecular weight is 199 g/mol. The maximum atomic E-state index is 5.67. The molecule has 0 saturated heterocycles. The van der Waals surface area contributed by atoms with Crippen LogP contribution in [0.25, 0.3) is 0 Å². The first-order chi connectivity index (χ1) is 6.88. The van der Waals surface area contributed by atoms with Crippen molar-refractivity contribution >= 4 is 0 Å². The van der Waals surface area contributed by atoms with Crippen molar-refractivity contribution in [1.29, 1.82) is 0 Å². The molecule has 2 atom stereocenters. The Morgan fingerprint density at radius 2 is 2.00 bits per heavy atom. The van der Waals surface area contributed by atoms with Crippen molar-refractivity contribution in [3.63, 3.8) is 0 Å². The summed E-state index contributed by atoms with van der Waals surface area (Å²) in [6.45, 7) is 4.05. The molecule has 1 fully saturated rings. The van der Waals surface area contributed by atoms with Gasteiger partial charge in [0.05, 0.1) is 6.61 Å². The Morgan fingerprint density at radius 1 is 1.21 bits per heavy atom. The van der Waals surface area contributed by atoms with Crippen LogP contribution >= 0.6 is 0 Å². The molecule has 0 aromatic carbocycles. The molecule has 1 aliphatic carbocycles. The van der Waals surface area contributed by atoms with Crippen LogP contribution in [0, 0.1) is 5.92 Å². The maximum Gasteiger partial charge on any atom is 0.0509 e. The highest BCUT2D eigenvalue weighted by Gasteiger charge is 2.21. The Bertz CT molecular complexity index is 138. The van der Waals surface area contributed by atoms with Gasteiger partial charge in [-0.2, -0.15) is 0 Å². The normalized spacial score (nSPS) is 28.7. The van der Waals surface area contributed by atoms with Gasteiger partial charge in [0.15, 0.2) is 0 Å². The molecule has 0 amide bonds. The second-order valence-electron chi connectivity index (χ2n) is 4.37. The van der Waals surface area contributed by atoms with Crippen LogP contribution in [0.15, 0.2) is 0 Å². The molecule has 84 valence electrons. The third-order valence-electron chi connectivity index (χ3n) is 3.21. The van der Waals surface area contributed by atoms with E-state index in [1.54, 1.807) is 0 Å². The lowest BCUT2D eigenvalue weighted by molar-refractivity contribution is 0.0833. The van der Waals surface area contributed by atoms with Crippen molar-refractivity contribution in [3.8, 4) is 0 Å². The predicted octanol–water partition coefficient (Wildman–Crippen LogP) is 2.58. The first-order valence-electron chi connectivity index (χ1n) is 6.13. The van der Waals surface area contributed by atoms with Crippen molar-refractivity contribution in [3.05, 3.63) is 0 Å². The van der Waals surface area contributed by atoms with Crippen LogP contribution in [0.4, 0.5) is 0 Å². The molecule has 2 nitrogen and oxygen atoms in total. The highest BCUT2D eigenvalue weighted by molar-refractivity contribution is 4.78. The molecule has 0 radical (unpaired) electrons. The first-order valence-corrected chi connectivity index (χ1v) is 6.13. The summed E-state index contributed by atoms with van der Waals surface area (Å²) in [4.78, 5) is 0. The summed E-state index contributed by atoms with van der Waals surface area (Å²) in [7, 11) is 2.09. The quantitative estimate of drug-likeness (QED) is 0.543. The molecule has 0 spiro atoms. The van der Waals surface area contributed by atoms with E-state index in [9.17, 15) is 0 Å². The van der Waals surface area contributed by atoms with Gasteiger partial charge in [-0.05, 0) is 32.2 Å². The van der Waals surface area contributed by atoms with Gasteiger partial charge in [-0.15, -0.1) is 0 Å². The lowest BCUT2D eigenvalue weighted by atomic mass is 9.96. The number of nitrogens with one attached hydrogen (secondary N) is 1. The molecule has 0 aliphatic heterocycles. The Morgan fingerprint density at radius 3 is 2.71 bits per heavy atom. The maximum absolute atomic E-state index is 5.67. The second kappa shape index (κ2) is 7.24. The fourth-order valence-electron chi connectivity index (χ4n) is 2.34. The van der Waals surface area contributed by atoms with Crippen molar-refractivity contribution in [1.82, 2.24) is 5.32 Å². The lowest BCUT2D eigenvalue weighted by Crippen LogP contribution is -2.35. The third-order valence-corrected chi connectivity index (χ3v) is 3.21. The van der Waals surface area contributed by atoms with Crippen LogP contribution in [0.5, 0.6) is 0 Å². The van der Waals surface area contributed by atoms with E-state index in [0.717, 1.165) is 25.6 Å². The lowest BCUT2D eigenvalue weighted by Gasteiger charge is -2.24. The van der Waals surface area contributed by atoms with Gasteiger partial charge in [-0.3, -0.25) is 0 Å². The minimum absolute atomic E-state index is 0.689. The fourth-order valence-corrected chi connectivity index (χ4v) is 2.34. The molecule has 1 saturated carbocycles. The number of hydrogen-bond donors (Lipinski definition) is 1. The molecular formula is C12H25NO. The second-order valence-corrected chi connectivity index (χ2v) is 4.37. The molecule has 2 unspecified atom stereocenters. The van der Waals surface area contributed by atoms with Crippen LogP contribution < -0.4 is 5.32 Å². The summed E-state index contributed by atoms with van der Waals surface area (Å²) < 4.78 is 5.67. The van der Waals surface area contributed by atoms with E-state index in [0.29, 0.717) is 6.04 Å². The third kappa shape index (κ3) is 3.97. The van der Waals surface area contributed by atoms with Crippen LogP contribution in [0.1, 0.15) is 45.4 Å².